The van der Waals surface area contributed by atoms with Crippen LogP contribution in [0.2, 0.25) is 5.02 Å². The summed E-state index contributed by atoms with van der Waals surface area (Å²) in [5.74, 6) is 2.16. The van der Waals surface area contributed by atoms with Crippen LogP contribution in [-0.4, -0.2) is 22.0 Å². The van der Waals surface area contributed by atoms with Gasteiger partial charge in [-0.15, -0.1) is 0 Å². The lowest BCUT2D eigenvalue weighted by atomic mass is 10.2. The highest BCUT2D eigenvalue weighted by atomic mass is 79.9. The molecule has 0 aliphatic heterocycles. The highest BCUT2D eigenvalue weighted by molar-refractivity contribution is 9.10. The summed E-state index contributed by atoms with van der Waals surface area (Å²) in [7, 11) is 1.62. The molecule has 0 saturated heterocycles. The standard InChI is InChI=1S/C20H22BrClN4O2S/c1-3-5-18-24-25-20(29)26(18)23-11-14-9-16(21)19(17(10-14)27-2)28-12-13-6-4-7-15(22)8-13/h4,6-10,23H,3,5,11-12H2,1-2H3,(H,25,29). The fourth-order valence-electron chi connectivity index (χ4n) is 2.85. The molecule has 3 rings (SSSR count). The van der Waals surface area contributed by atoms with Gasteiger partial charge in [0, 0.05) is 11.4 Å². The second-order valence-electron chi connectivity index (χ2n) is 6.39. The number of rotatable bonds is 9. The van der Waals surface area contributed by atoms with E-state index in [1.807, 2.05) is 41.1 Å². The van der Waals surface area contributed by atoms with E-state index in [9.17, 15) is 0 Å². The van der Waals surface area contributed by atoms with Crippen molar-refractivity contribution in [3.05, 3.63) is 67.6 Å². The Balaban J connectivity index is 1.74. The van der Waals surface area contributed by atoms with Gasteiger partial charge in [0.25, 0.3) is 0 Å². The monoisotopic (exact) mass is 496 g/mol. The summed E-state index contributed by atoms with van der Waals surface area (Å²) in [5.41, 5.74) is 5.30. The number of aryl methyl sites for hydroxylation is 1. The number of ether oxygens (including phenoxy) is 2. The van der Waals surface area contributed by atoms with Crippen LogP contribution in [0.25, 0.3) is 0 Å². The molecule has 9 heteroatoms. The number of hydrogen-bond acceptors (Lipinski definition) is 5. The zero-order chi connectivity index (χ0) is 20.8. The first kappa shape index (κ1) is 21.7. The lowest BCUT2D eigenvalue weighted by Gasteiger charge is -2.16. The Morgan fingerprint density at radius 3 is 2.83 bits per heavy atom. The molecule has 2 aromatic carbocycles. The molecule has 3 aromatic rings. The predicted octanol–water partition coefficient (Wildman–Crippen LogP) is 5.64. The number of aromatic nitrogens is 3. The van der Waals surface area contributed by atoms with Crippen molar-refractivity contribution in [2.45, 2.75) is 32.9 Å². The van der Waals surface area contributed by atoms with Crippen molar-refractivity contribution in [2.75, 3.05) is 12.5 Å². The predicted molar refractivity (Wildman–Crippen MR) is 121 cm³/mol. The molecular formula is C20H22BrClN4O2S. The summed E-state index contributed by atoms with van der Waals surface area (Å²) < 4.78 is 14.7. The molecular weight excluding hydrogens is 476 g/mol. The second-order valence-corrected chi connectivity index (χ2v) is 8.07. The van der Waals surface area contributed by atoms with Gasteiger partial charge in [-0.1, -0.05) is 30.7 Å². The number of methoxy groups -OCH3 is 1. The van der Waals surface area contributed by atoms with Gasteiger partial charge in [0.1, 0.15) is 6.61 Å². The average molecular weight is 498 g/mol. The van der Waals surface area contributed by atoms with Gasteiger partial charge in [0.05, 0.1) is 18.1 Å². The molecule has 6 nitrogen and oxygen atoms in total. The van der Waals surface area contributed by atoms with Crippen LogP contribution in [0.3, 0.4) is 0 Å². The molecule has 0 spiro atoms. The highest BCUT2D eigenvalue weighted by Crippen LogP contribution is 2.37. The van der Waals surface area contributed by atoms with Crippen molar-refractivity contribution < 1.29 is 9.47 Å². The van der Waals surface area contributed by atoms with Gasteiger partial charge in [-0.25, -0.2) is 4.68 Å². The quantitative estimate of drug-likeness (QED) is 0.375. The molecule has 0 saturated carbocycles. The van der Waals surface area contributed by atoms with Crippen LogP contribution in [0.5, 0.6) is 11.5 Å². The molecule has 2 N–H and O–H groups in total. The van der Waals surface area contributed by atoms with E-state index in [0.717, 1.165) is 34.3 Å². The van der Waals surface area contributed by atoms with Crippen molar-refractivity contribution in [1.82, 2.24) is 14.9 Å². The first-order valence-corrected chi connectivity index (χ1v) is 10.7. The third-order valence-electron chi connectivity index (χ3n) is 4.22. The minimum Gasteiger partial charge on any atom is -0.493 e. The van der Waals surface area contributed by atoms with Crippen molar-refractivity contribution >= 4 is 39.7 Å². The number of nitrogens with one attached hydrogen (secondary N) is 2. The SMILES string of the molecule is CCCc1n[nH]c(=S)n1NCc1cc(Br)c(OCc2cccc(Cl)c2)c(OC)c1. The lowest BCUT2D eigenvalue weighted by Crippen LogP contribution is -2.17. The molecule has 1 aromatic heterocycles. The van der Waals surface area contributed by atoms with E-state index in [0.29, 0.717) is 34.4 Å². The van der Waals surface area contributed by atoms with Gasteiger partial charge in [-0.05, 0) is 70.0 Å². The first-order chi connectivity index (χ1) is 14.0. The third-order valence-corrected chi connectivity index (χ3v) is 5.32. The fourth-order valence-corrected chi connectivity index (χ4v) is 3.88. The Hall–Kier alpha value is -2.03. The van der Waals surface area contributed by atoms with E-state index in [2.05, 4.69) is 38.5 Å². The van der Waals surface area contributed by atoms with E-state index in [4.69, 9.17) is 33.3 Å². The van der Waals surface area contributed by atoms with Gasteiger partial charge < -0.3 is 14.9 Å². The van der Waals surface area contributed by atoms with Crippen LogP contribution >= 0.6 is 39.7 Å². The summed E-state index contributed by atoms with van der Waals surface area (Å²) in [6, 6.07) is 11.5. The number of H-pyrrole nitrogens is 1. The Morgan fingerprint density at radius 1 is 1.28 bits per heavy atom. The fraction of sp³-hybridized carbons (Fsp3) is 0.300. The zero-order valence-corrected chi connectivity index (χ0v) is 19.3. The molecule has 29 heavy (non-hydrogen) atoms. The maximum atomic E-state index is 6.04. The van der Waals surface area contributed by atoms with E-state index >= 15 is 0 Å². The van der Waals surface area contributed by atoms with Crippen LogP contribution in [0, 0.1) is 4.77 Å². The number of benzene rings is 2. The molecule has 0 fully saturated rings. The van der Waals surface area contributed by atoms with Crippen LogP contribution in [0.15, 0.2) is 40.9 Å². The van der Waals surface area contributed by atoms with Gasteiger partial charge in [-0.3, -0.25) is 5.10 Å². The molecule has 0 radical (unpaired) electrons. The number of hydrogen-bond donors (Lipinski definition) is 2. The summed E-state index contributed by atoms with van der Waals surface area (Å²) in [6.07, 6.45) is 1.82. The van der Waals surface area contributed by atoms with Crippen LogP contribution in [0.1, 0.15) is 30.3 Å². The number of nitrogens with zero attached hydrogens (tertiary/aromatic N) is 2. The Kier molecular flexibility index (Phi) is 7.57. The van der Waals surface area contributed by atoms with E-state index < -0.39 is 0 Å². The van der Waals surface area contributed by atoms with Crippen LogP contribution in [0.4, 0.5) is 0 Å². The lowest BCUT2D eigenvalue weighted by molar-refractivity contribution is 0.282. The molecule has 0 bridgehead atoms. The zero-order valence-electron chi connectivity index (χ0n) is 16.2. The van der Waals surface area contributed by atoms with Crippen LogP contribution < -0.4 is 14.9 Å². The molecule has 0 aliphatic carbocycles. The molecule has 1 heterocycles. The minimum absolute atomic E-state index is 0.387. The summed E-state index contributed by atoms with van der Waals surface area (Å²) in [6.45, 7) is 3.04. The number of halogens is 2. The maximum absolute atomic E-state index is 6.04. The van der Waals surface area contributed by atoms with Gasteiger partial charge in [0.2, 0.25) is 4.77 Å². The Bertz CT molecular complexity index is 1040. The van der Waals surface area contributed by atoms with Crippen molar-refractivity contribution in [1.29, 1.82) is 0 Å². The summed E-state index contributed by atoms with van der Waals surface area (Å²) in [4.78, 5) is 0. The second kappa shape index (κ2) is 10.1. The summed E-state index contributed by atoms with van der Waals surface area (Å²) >= 11 is 14.9. The first-order valence-electron chi connectivity index (χ1n) is 9.15. The molecule has 0 amide bonds. The van der Waals surface area contributed by atoms with E-state index in [1.165, 1.54) is 0 Å². The molecule has 154 valence electrons. The Morgan fingerprint density at radius 2 is 2.10 bits per heavy atom. The third kappa shape index (κ3) is 5.52. The van der Waals surface area contributed by atoms with Crippen molar-refractivity contribution in [3.63, 3.8) is 0 Å². The maximum Gasteiger partial charge on any atom is 0.214 e. The van der Waals surface area contributed by atoms with Gasteiger partial charge in [-0.2, -0.15) is 5.10 Å². The molecule has 0 atom stereocenters. The smallest absolute Gasteiger partial charge is 0.214 e. The van der Waals surface area contributed by atoms with E-state index in [1.54, 1.807) is 7.11 Å². The number of aromatic amines is 1. The summed E-state index contributed by atoms with van der Waals surface area (Å²) in [5, 5.41) is 7.77. The van der Waals surface area contributed by atoms with E-state index in [-0.39, 0.29) is 0 Å². The van der Waals surface area contributed by atoms with Gasteiger partial charge in [0.15, 0.2) is 17.3 Å². The van der Waals surface area contributed by atoms with Crippen LogP contribution in [-0.2, 0) is 19.6 Å². The van der Waals surface area contributed by atoms with Gasteiger partial charge >= 0.3 is 0 Å². The van der Waals surface area contributed by atoms with Crippen molar-refractivity contribution in [2.24, 2.45) is 0 Å². The Labute approximate surface area is 188 Å². The normalized spacial score (nSPS) is 10.8. The van der Waals surface area contributed by atoms with Crippen molar-refractivity contribution in [3.8, 4) is 11.5 Å². The average Bonchev–Trinajstić information content (AvgIpc) is 3.05. The minimum atomic E-state index is 0.387. The largest absolute Gasteiger partial charge is 0.493 e. The molecule has 0 unspecified atom stereocenters. The molecule has 0 aliphatic rings. The topological polar surface area (TPSA) is 64.1 Å². The highest BCUT2D eigenvalue weighted by Gasteiger charge is 2.13.